The molecule has 6 nitrogen and oxygen atoms in total. The third-order valence-corrected chi connectivity index (χ3v) is 10.3. The van der Waals surface area contributed by atoms with Gasteiger partial charge in [0.2, 0.25) is 0 Å². The standard InChI is InChI=1S/C56H92O6/c1-4-7-10-13-16-19-22-25-27-28-30-31-34-37-40-43-46-49-55(58)61-52-53(51-60-54(57)48-45-42-39-36-33-24-21-18-15-12-9-6-3)62-56(59)50-47-44-41-38-35-32-29-26-23-20-17-14-11-8-5-2/h7-8,10-11,16-17,19-20,25-27,29-31,37,40,53H,4-6,9,12-15,18,21-24,28,32-36,38-39,41-52H2,1-3H3/b10-7-,11-8-,19-16-,20-17-,27-25-,29-26-,31-30-,40-37-/t53-/m1/s1. The van der Waals surface area contributed by atoms with Crippen LogP contribution in [-0.2, 0) is 28.6 Å². The highest BCUT2D eigenvalue weighted by atomic mass is 16.6. The van der Waals surface area contributed by atoms with Crippen molar-refractivity contribution in [3.63, 3.8) is 0 Å². The van der Waals surface area contributed by atoms with E-state index in [-0.39, 0.29) is 37.5 Å². The van der Waals surface area contributed by atoms with Crippen molar-refractivity contribution in [2.45, 2.75) is 226 Å². The summed E-state index contributed by atoms with van der Waals surface area (Å²) < 4.78 is 16.7. The summed E-state index contributed by atoms with van der Waals surface area (Å²) in [4.78, 5) is 37.9. The van der Waals surface area contributed by atoms with Gasteiger partial charge in [-0.1, -0.05) is 208 Å². The summed E-state index contributed by atoms with van der Waals surface area (Å²) in [5.41, 5.74) is 0. The highest BCUT2D eigenvalue weighted by Gasteiger charge is 2.19. The van der Waals surface area contributed by atoms with E-state index in [2.05, 4.69) is 118 Å². The summed E-state index contributed by atoms with van der Waals surface area (Å²) in [5, 5.41) is 0. The first-order valence-corrected chi connectivity index (χ1v) is 25.2. The molecule has 0 saturated carbocycles. The number of ether oxygens (including phenoxy) is 3. The van der Waals surface area contributed by atoms with Crippen molar-refractivity contribution >= 4 is 17.9 Å². The summed E-state index contributed by atoms with van der Waals surface area (Å²) >= 11 is 0. The van der Waals surface area contributed by atoms with Gasteiger partial charge < -0.3 is 14.2 Å². The minimum Gasteiger partial charge on any atom is -0.462 e. The van der Waals surface area contributed by atoms with E-state index in [1.807, 2.05) is 0 Å². The lowest BCUT2D eigenvalue weighted by molar-refractivity contribution is -0.167. The third-order valence-electron chi connectivity index (χ3n) is 10.3. The molecule has 0 saturated heterocycles. The third kappa shape index (κ3) is 47.4. The molecule has 0 aromatic carbocycles. The van der Waals surface area contributed by atoms with Gasteiger partial charge in [-0.3, -0.25) is 14.4 Å². The molecule has 352 valence electrons. The van der Waals surface area contributed by atoms with Crippen molar-refractivity contribution in [2.75, 3.05) is 13.2 Å². The van der Waals surface area contributed by atoms with Gasteiger partial charge in [0.15, 0.2) is 6.10 Å². The van der Waals surface area contributed by atoms with Crippen molar-refractivity contribution in [3.05, 3.63) is 97.2 Å². The van der Waals surface area contributed by atoms with Crippen molar-refractivity contribution in [1.29, 1.82) is 0 Å². The van der Waals surface area contributed by atoms with Crippen LogP contribution in [-0.4, -0.2) is 37.2 Å². The monoisotopic (exact) mass is 861 g/mol. The first-order valence-electron chi connectivity index (χ1n) is 25.2. The molecule has 6 heteroatoms. The van der Waals surface area contributed by atoms with Crippen molar-refractivity contribution in [1.82, 2.24) is 0 Å². The van der Waals surface area contributed by atoms with Gasteiger partial charge in [-0.05, 0) is 89.9 Å². The first-order chi connectivity index (χ1) is 30.5. The van der Waals surface area contributed by atoms with Crippen LogP contribution in [0.2, 0.25) is 0 Å². The van der Waals surface area contributed by atoms with Crippen LogP contribution in [0.4, 0.5) is 0 Å². The van der Waals surface area contributed by atoms with Gasteiger partial charge in [0.1, 0.15) is 13.2 Å². The van der Waals surface area contributed by atoms with Crippen LogP contribution in [0.3, 0.4) is 0 Å². The normalized spacial score (nSPS) is 12.9. The van der Waals surface area contributed by atoms with Gasteiger partial charge in [-0.2, -0.15) is 0 Å². The lowest BCUT2D eigenvalue weighted by Crippen LogP contribution is -2.30. The SMILES string of the molecule is CC/C=C\C/C=C\C/C=C\C/C=C\C/C=C\CCCC(=O)OC[C@@H](COC(=O)CCCCCCCCCCCCCC)OC(=O)CCCCCCC/C=C\C/C=C\C/C=C\CC. The number of rotatable bonds is 44. The molecular weight excluding hydrogens is 769 g/mol. The highest BCUT2D eigenvalue weighted by molar-refractivity contribution is 5.71. The van der Waals surface area contributed by atoms with E-state index in [9.17, 15) is 14.4 Å². The molecule has 0 aromatic heterocycles. The molecule has 1 atom stereocenters. The fourth-order valence-electron chi connectivity index (χ4n) is 6.61. The summed E-state index contributed by atoms with van der Waals surface area (Å²) in [6, 6.07) is 0. The van der Waals surface area contributed by atoms with Crippen LogP contribution in [0.25, 0.3) is 0 Å². The Morgan fingerprint density at radius 3 is 1.05 bits per heavy atom. The van der Waals surface area contributed by atoms with Crippen LogP contribution >= 0.6 is 0 Å². The number of carbonyl (C=O) groups excluding carboxylic acids is 3. The fraction of sp³-hybridized carbons (Fsp3) is 0.661. The molecule has 0 aliphatic carbocycles. The molecule has 0 aliphatic rings. The fourth-order valence-corrected chi connectivity index (χ4v) is 6.61. The molecule has 62 heavy (non-hydrogen) atoms. The minimum absolute atomic E-state index is 0.102. The maximum atomic E-state index is 12.8. The summed E-state index contributed by atoms with van der Waals surface area (Å²) in [5.74, 6) is -0.984. The lowest BCUT2D eigenvalue weighted by Gasteiger charge is -2.18. The Morgan fingerprint density at radius 1 is 0.339 bits per heavy atom. The van der Waals surface area contributed by atoms with Gasteiger partial charge in [0.25, 0.3) is 0 Å². The molecule has 0 radical (unpaired) electrons. The number of hydrogen-bond donors (Lipinski definition) is 0. The molecule has 0 fully saturated rings. The van der Waals surface area contributed by atoms with Crippen LogP contribution in [0.15, 0.2) is 97.2 Å². The van der Waals surface area contributed by atoms with Crippen LogP contribution in [0.1, 0.15) is 220 Å². The van der Waals surface area contributed by atoms with Crippen molar-refractivity contribution in [2.24, 2.45) is 0 Å². The van der Waals surface area contributed by atoms with Crippen molar-refractivity contribution in [3.8, 4) is 0 Å². The Bertz CT molecular complexity index is 1260. The molecular formula is C56H92O6. The lowest BCUT2D eigenvalue weighted by atomic mass is 10.0. The predicted molar refractivity (Wildman–Crippen MR) is 265 cm³/mol. The zero-order valence-corrected chi connectivity index (χ0v) is 40.1. The van der Waals surface area contributed by atoms with Crippen LogP contribution in [0.5, 0.6) is 0 Å². The van der Waals surface area contributed by atoms with E-state index in [1.54, 1.807) is 0 Å². The van der Waals surface area contributed by atoms with Gasteiger partial charge in [0, 0.05) is 19.3 Å². The van der Waals surface area contributed by atoms with Crippen LogP contribution in [0, 0.1) is 0 Å². The number of carbonyl (C=O) groups is 3. The van der Waals surface area contributed by atoms with Crippen LogP contribution < -0.4 is 0 Å². The summed E-state index contributed by atoms with van der Waals surface area (Å²) in [6.45, 7) is 6.33. The second kappa shape index (κ2) is 50.0. The van der Waals surface area contributed by atoms with Crippen molar-refractivity contribution < 1.29 is 28.6 Å². The van der Waals surface area contributed by atoms with Gasteiger partial charge >= 0.3 is 17.9 Å². The Labute approximate surface area is 381 Å². The maximum absolute atomic E-state index is 12.8. The van der Waals surface area contributed by atoms with E-state index in [0.29, 0.717) is 19.3 Å². The van der Waals surface area contributed by atoms with E-state index in [4.69, 9.17) is 14.2 Å². The topological polar surface area (TPSA) is 78.9 Å². The van der Waals surface area contributed by atoms with E-state index < -0.39 is 6.10 Å². The van der Waals surface area contributed by atoms with Gasteiger partial charge in [-0.25, -0.2) is 0 Å². The molecule has 0 aliphatic heterocycles. The first kappa shape index (κ1) is 58.3. The number of hydrogen-bond acceptors (Lipinski definition) is 6. The molecule has 0 N–H and O–H groups in total. The molecule has 0 amide bonds. The minimum atomic E-state index is -0.808. The average molecular weight is 861 g/mol. The van der Waals surface area contributed by atoms with Gasteiger partial charge in [-0.15, -0.1) is 0 Å². The van der Waals surface area contributed by atoms with E-state index in [0.717, 1.165) is 116 Å². The zero-order chi connectivity index (χ0) is 45.1. The largest absolute Gasteiger partial charge is 0.462 e. The Morgan fingerprint density at radius 2 is 0.645 bits per heavy atom. The zero-order valence-electron chi connectivity index (χ0n) is 40.1. The molecule has 0 heterocycles. The highest BCUT2D eigenvalue weighted by Crippen LogP contribution is 2.14. The van der Waals surface area contributed by atoms with Gasteiger partial charge in [0.05, 0.1) is 0 Å². The molecule has 0 bridgehead atoms. The number of unbranched alkanes of at least 4 members (excludes halogenated alkanes) is 17. The molecule has 0 rings (SSSR count). The summed E-state index contributed by atoms with van der Waals surface area (Å²) in [6.07, 6.45) is 65.3. The number of esters is 3. The Kier molecular flexibility index (Phi) is 47.0. The van der Waals surface area contributed by atoms with E-state index >= 15 is 0 Å². The summed E-state index contributed by atoms with van der Waals surface area (Å²) in [7, 11) is 0. The second-order valence-electron chi connectivity index (χ2n) is 16.3. The quantitative estimate of drug-likeness (QED) is 0.0263. The molecule has 0 unspecified atom stereocenters. The molecule has 0 aromatic rings. The second-order valence-corrected chi connectivity index (χ2v) is 16.3. The van der Waals surface area contributed by atoms with E-state index in [1.165, 1.54) is 57.8 Å². The predicted octanol–water partition coefficient (Wildman–Crippen LogP) is 16.6. The molecule has 0 spiro atoms. The smallest absolute Gasteiger partial charge is 0.306 e. The average Bonchev–Trinajstić information content (AvgIpc) is 3.27. The maximum Gasteiger partial charge on any atom is 0.306 e. The Balaban J connectivity index is 4.51. The number of allylic oxidation sites excluding steroid dienone is 16. The Hall–Kier alpha value is -3.67.